The van der Waals surface area contributed by atoms with Gasteiger partial charge < -0.3 is 19.8 Å². The molecule has 0 radical (unpaired) electrons. The quantitative estimate of drug-likeness (QED) is 0.875. The lowest BCUT2D eigenvalue weighted by atomic mass is 10.2. The van der Waals surface area contributed by atoms with E-state index in [2.05, 4.69) is 4.74 Å². The summed E-state index contributed by atoms with van der Waals surface area (Å²) in [5.74, 6) is -0.890. The van der Waals surface area contributed by atoms with E-state index >= 15 is 0 Å². The average molecular weight is 303 g/mol. The van der Waals surface area contributed by atoms with E-state index < -0.39 is 11.8 Å². The fourth-order valence-electron chi connectivity index (χ4n) is 2.06. The molecule has 2 rings (SSSR count). The van der Waals surface area contributed by atoms with Gasteiger partial charge in [-0.15, -0.1) is 0 Å². The number of nitrogens with zero attached hydrogens (tertiary/aromatic N) is 2. The molecule has 0 bridgehead atoms. The van der Waals surface area contributed by atoms with Gasteiger partial charge in [-0.25, -0.2) is 9.18 Å². The van der Waals surface area contributed by atoms with Crippen molar-refractivity contribution in [3.63, 3.8) is 0 Å². The first-order chi connectivity index (χ1) is 10.5. The number of nitrogen functional groups attached to an aromatic ring is 1. The number of rotatable bonds is 4. The van der Waals surface area contributed by atoms with Gasteiger partial charge in [-0.3, -0.25) is 0 Å². The molecule has 0 aliphatic carbocycles. The highest BCUT2D eigenvalue weighted by molar-refractivity contribution is 5.96. The van der Waals surface area contributed by atoms with Crippen molar-refractivity contribution in [1.29, 1.82) is 5.26 Å². The molecule has 1 heterocycles. The van der Waals surface area contributed by atoms with Gasteiger partial charge in [-0.1, -0.05) is 0 Å². The molecule has 0 atom stereocenters. The third kappa shape index (κ3) is 2.59. The zero-order valence-corrected chi connectivity index (χ0v) is 12.1. The van der Waals surface area contributed by atoms with Crippen molar-refractivity contribution < 1.29 is 18.7 Å². The Bertz CT molecular complexity index is 762. The molecular weight excluding hydrogens is 289 g/mol. The summed E-state index contributed by atoms with van der Waals surface area (Å²) >= 11 is 0. The number of benzene rings is 1. The van der Waals surface area contributed by atoms with E-state index in [-0.39, 0.29) is 22.6 Å². The first kappa shape index (κ1) is 15.4. The molecule has 22 heavy (non-hydrogen) atoms. The molecule has 1 aromatic carbocycles. The van der Waals surface area contributed by atoms with E-state index in [0.29, 0.717) is 12.4 Å². The minimum atomic E-state index is -0.731. The van der Waals surface area contributed by atoms with E-state index in [4.69, 9.17) is 15.7 Å². The second-order valence-electron chi connectivity index (χ2n) is 4.32. The van der Waals surface area contributed by atoms with Crippen LogP contribution in [0.25, 0.3) is 5.69 Å². The molecule has 114 valence electrons. The second kappa shape index (κ2) is 6.18. The molecule has 0 aliphatic rings. The number of anilines is 1. The van der Waals surface area contributed by atoms with Crippen molar-refractivity contribution in [3.8, 4) is 17.5 Å². The van der Waals surface area contributed by atoms with Gasteiger partial charge in [0.1, 0.15) is 17.6 Å². The number of aromatic nitrogens is 1. The van der Waals surface area contributed by atoms with Crippen LogP contribution >= 0.6 is 0 Å². The van der Waals surface area contributed by atoms with Crippen molar-refractivity contribution >= 4 is 11.7 Å². The van der Waals surface area contributed by atoms with Crippen molar-refractivity contribution in [2.24, 2.45) is 0 Å². The Kier molecular flexibility index (Phi) is 4.32. The molecule has 0 spiro atoms. The van der Waals surface area contributed by atoms with E-state index in [1.165, 1.54) is 36.1 Å². The summed E-state index contributed by atoms with van der Waals surface area (Å²) in [6.07, 6.45) is 1.35. The zero-order valence-electron chi connectivity index (χ0n) is 12.1. The highest BCUT2D eigenvalue weighted by Crippen LogP contribution is 2.30. The molecular formula is C15H14FN3O3. The standard InChI is InChI=1S/C15H14FN3O3/c1-3-22-12-5-4-10(16)6-11(12)19-8-9(7-17)13(18)14(19)15(20)21-2/h4-6,8H,3,18H2,1-2H3. The van der Waals surface area contributed by atoms with Gasteiger partial charge in [0.15, 0.2) is 5.69 Å². The lowest BCUT2D eigenvalue weighted by Crippen LogP contribution is -2.12. The predicted molar refractivity (Wildman–Crippen MR) is 77.4 cm³/mol. The molecule has 0 saturated carbocycles. The molecule has 0 unspecified atom stereocenters. The van der Waals surface area contributed by atoms with Crippen LogP contribution in [-0.2, 0) is 4.74 Å². The number of halogens is 1. The summed E-state index contributed by atoms with van der Waals surface area (Å²) in [4.78, 5) is 11.9. The Labute approximate surface area is 126 Å². The van der Waals surface area contributed by atoms with Crippen LogP contribution in [-0.4, -0.2) is 24.3 Å². The number of hydrogen-bond donors (Lipinski definition) is 1. The number of hydrogen-bond acceptors (Lipinski definition) is 5. The van der Waals surface area contributed by atoms with E-state index in [0.717, 1.165) is 0 Å². The molecule has 7 heteroatoms. The van der Waals surface area contributed by atoms with Gasteiger partial charge in [0.25, 0.3) is 0 Å². The van der Waals surface area contributed by atoms with Crippen molar-refractivity contribution in [1.82, 2.24) is 4.57 Å². The SMILES string of the molecule is CCOc1ccc(F)cc1-n1cc(C#N)c(N)c1C(=O)OC. The van der Waals surface area contributed by atoms with E-state index in [9.17, 15) is 9.18 Å². The highest BCUT2D eigenvalue weighted by Gasteiger charge is 2.23. The Morgan fingerprint density at radius 1 is 1.50 bits per heavy atom. The third-order valence-electron chi connectivity index (χ3n) is 3.02. The van der Waals surface area contributed by atoms with Crippen LogP contribution in [0.1, 0.15) is 23.0 Å². The normalized spacial score (nSPS) is 10.1. The Hall–Kier alpha value is -3.01. The second-order valence-corrected chi connectivity index (χ2v) is 4.32. The molecule has 0 aliphatic heterocycles. The summed E-state index contributed by atoms with van der Waals surface area (Å²) in [5, 5.41) is 9.08. The van der Waals surface area contributed by atoms with Gasteiger partial charge in [0.05, 0.1) is 30.7 Å². The lowest BCUT2D eigenvalue weighted by molar-refractivity contribution is 0.0593. The van der Waals surface area contributed by atoms with Crippen LogP contribution in [0, 0.1) is 17.1 Å². The number of carbonyl (C=O) groups excluding carboxylic acids is 1. The maximum absolute atomic E-state index is 13.6. The minimum Gasteiger partial charge on any atom is -0.492 e. The van der Waals surface area contributed by atoms with Gasteiger partial charge in [-0.2, -0.15) is 5.26 Å². The Morgan fingerprint density at radius 2 is 2.23 bits per heavy atom. The van der Waals surface area contributed by atoms with Gasteiger partial charge >= 0.3 is 5.97 Å². The van der Waals surface area contributed by atoms with Gasteiger partial charge in [-0.05, 0) is 19.1 Å². The van der Waals surface area contributed by atoms with Crippen LogP contribution in [0.15, 0.2) is 24.4 Å². The third-order valence-corrected chi connectivity index (χ3v) is 3.02. The van der Waals surface area contributed by atoms with Crippen molar-refractivity contribution in [2.75, 3.05) is 19.5 Å². The molecule has 0 fully saturated rings. The fourth-order valence-corrected chi connectivity index (χ4v) is 2.06. The molecule has 0 saturated heterocycles. The molecule has 2 N–H and O–H groups in total. The summed E-state index contributed by atoms with van der Waals surface area (Å²) in [7, 11) is 1.19. The molecule has 6 nitrogen and oxygen atoms in total. The molecule has 0 amide bonds. The predicted octanol–water partition coefficient (Wildman–Crippen LogP) is 2.26. The molecule has 2 aromatic rings. The van der Waals surface area contributed by atoms with Gasteiger partial charge in [0, 0.05) is 12.3 Å². The highest BCUT2D eigenvalue weighted by atomic mass is 19.1. The topological polar surface area (TPSA) is 90.3 Å². The maximum atomic E-state index is 13.6. The van der Waals surface area contributed by atoms with Crippen LogP contribution in [0.4, 0.5) is 10.1 Å². The monoisotopic (exact) mass is 303 g/mol. The first-order valence-electron chi connectivity index (χ1n) is 6.45. The van der Waals surface area contributed by atoms with Crippen LogP contribution in [0.5, 0.6) is 5.75 Å². The summed E-state index contributed by atoms with van der Waals surface area (Å²) in [6.45, 7) is 2.13. The lowest BCUT2D eigenvalue weighted by Gasteiger charge is -2.13. The van der Waals surface area contributed by atoms with Crippen molar-refractivity contribution in [3.05, 3.63) is 41.5 Å². The minimum absolute atomic E-state index is 0.0268. The van der Waals surface area contributed by atoms with E-state index in [1.807, 2.05) is 6.07 Å². The first-order valence-corrected chi connectivity index (χ1v) is 6.45. The summed E-state index contributed by atoms with van der Waals surface area (Å²) in [6, 6.07) is 5.76. The number of carbonyl (C=O) groups is 1. The number of esters is 1. The Morgan fingerprint density at radius 3 is 2.82 bits per heavy atom. The number of methoxy groups -OCH3 is 1. The zero-order chi connectivity index (χ0) is 16.3. The Balaban J connectivity index is 2.75. The number of ether oxygens (including phenoxy) is 2. The van der Waals surface area contributed by atoms with Crippen LogP contribution in [0.3, 0.4) is 0 Å². The maximum Gasteiger partial charge on any atom is 0.357 e. The van der Waals surface area contributed by atoms with E-state index in [1.54, 1.807) is 6.92 Å². The van der Waals surface area contributed by atoms with Crippen LogP contribution in [0.2, 0.25) is 0 Å². The summed E-state index contributed by atoms with van der Waals surface area (Å²) in [5.41, 5.74) is 6.08. The average Bonchev–Trinajstić information content (AvgIpc) is 2.85. The largest absolute Gasteiger partial charge is 0.492 e. The van der Waals surface area contributed by atoms with Crippen molar-refractivity contribution in [2.45, 2.75) is 6.92 Å². The van der Waals surface area contributed by atoms with Crippen LogP contribution < -0.4 is 10.5 Å². The fraction of sp³-hybridized carbons (Fsp3) is 0.200. The molecule has 1 aromatic heterocycles. The smallest absolute Gasteiger partial charge is 0.357 e. The summed E-state index contributed by atoms with van der Waals surface area (Å²) < 4.78 is 25.0. The number of nitriles is 1. The van der Waals surface area contributed by atoms with Gasteiger partial charge in [0.2, 0.25) is 0 Å². The number of nitrogens with two attached hydrogens (primary N) is 1.